The molecule has 0 atom stereocenters. The molecule has 0 saturated carbocycles. The fourth-order valence-electron chi connectivity index (χ4n) is 3.25. The highest BCUT2D eigenvalue weighted by Crippen LogP contribution is 2.38. The van der Waals surface area contributed by atoms with E-state index >= 15 is 0 Å². The lowest BCUT2D eigenvalue weighted by molar-refractivity contribution is -0.112. The number of methoxy groups -OCH3 is 2. The molecular weight excluding hydrogens is 354 g/mol. The van der Waals surface area contributed by atoms with Crippen molar-refractivity contribution < 1.29 is 14.3 Å². The molecule has 0 spiro atoms. The van der Waals surface area contributed by atoms with Crippen LogP contribution in [0.15, 0.2) is 48.0 Å². The number of amides is 1. The highest BCUT2D eigenvalue weighted by molar-refractivity contribution is 6.09. The Labute approximate surface area is 165 Å². The van der Waals surface area contributed by atoms with E-state index in [1.807, 2.05) is 30.3 Å². The lowest BCUT2D eigenvalue weighted by atomic mass is 10.1. The van der Waals surface area contributed by atoms with E-state index in [4.69, 9.17) is 9.47 Å². The molecule has 0 bridgehead atoms. The maximum atomic E-state index is 12.5. The smallest absolute Gasteiger partial charge is 0.266 e. The summed E-state index contributed by atoms with van der Waals surface area (Å²) in [7, 11) is 3.19. The van der Waals surface area contributed by atoms with Gasteiger partial charge in [-0.1, -0.05) is 18.2 Å². The Bertz CT molecular complexity index is 911. The van der Waals surface area contributed by atoms with Crippen molar-refractivity contribution in [2.24, 2.45) is 0 Å². The van der Waals surface area contributed by atoms with Crippen LogP contribution in [0.4, 0.5) is 11.4 Å². The van der Waals surface area contributed by atoms with Crippen molar-refractivity contribution in [1.29, 1.82) is 5.26 Å². The van der Waals surface area contributed by atoms with Crippen molar-refractivity contribution >= 4 is 23.4 Å². The molecule has 1 fully saturated rings. The number of carbonyl (C=O) groups is 1. The topological polar surface area (TPSA) is 74.6 Å². The first-order valence-corrected chi connectivity index (χ1v) is 9.15. The number of para-hydroxylation sites is 1. The van der Waals surface area contributed by atoms with Gasteiger partial charge in [-0.25, -0.2) is 0 Å². The van der Waals surface area contributed by atoms with Gasteiger partial charge in [-0.3, -0.25) is 4.79 Å². The summed E-state index contributed by atoms with van der Waals surface area (Å²) in [4.78, 5) is 14.7. The van der Waals surface area contributed by atoms with E-state index in [9.17, 15) is 10.1 Å². The standard InChI is InChI=1S/C22H23N3O3/c1-27-20-14-19(25-10-6-7-11-25)21(28-2)13-16(20)12-17(15-23)22(26)24-18-8-4-3-5-9-18/h3-5,8-9,12-14H,6-7,10-11H2,1-2H3,(H,24,26)/b17-12-. The van der Waals surface area contributed by atoms with E-state index in [1.54, 1.807) is 32.4 Å². The molecule has 6 nitrogen and oxygen atoms in total. The largest absolute Gasteiger partial charge is 0.496 e. The summed E-state index contributed by atoms with van der Waals surface area (Å²) in [5, 5.41) is 12.2. The van der Waals surface area contributed by atoms with Crippen molar-refractivity contribution in [3.8, 4) is 17.6 Å². The Morgan fingerprint density at radius 1 is 1.11 bits per heavy atom. The SMILES string of the molecule is COc1cc(N2CCCC2)c(OC)cc1/C=C(/C#N)C(=O)Nc1ccccc1. The number of benzene rings is 2. The molecule has 0 unspecified atom stereocenters. The van der Waals surface area contributed by atoms with Crippen LogP contribution in [-0.2, 0) is 4.79 Å². The Morgan fingerprint density at radius 2 is 1.79 bits per heavy atom. The molecule has 0 aliphatic carbocycles. The van der Waals surface area contributed by atoms with E-state index in [1.165, 1.54) is 6.08 Å². The number of rotatable bonds is 6. The van der Waals surface area contributed by atoms with Gasteiger partial charge < -0.3 is 19.7 Å². The van der Waals surface area contributed by atoms with Crippen molar-refractivity contribution in [2.75, 3.05) is 37.5 Å². The molecule has 6 heteroatoms. The third-order valence-corrected chi connectivity index (χ3v) is 4.67. The number of nitriles is 1. The number of hydrogen-bond acceptors (Lipinski definition) is 5. The summed E-state index contributed by atoms with van der Waals surface area (Å²) in [5.74, 6) is 0.802. The second kappa shape index (κ2) is 8.96. The van der Waals surface area contributed by atoms with E-state index < -0.39 is 5.91 Å². The molecule has 1 aliphatic rings. The lowest BCUT2D eigenvalue weighted by Crippen LogP contribution is -2.18. The second-order valence-corrected chi connectivity index (χ2v) is 6.45. The Hall–Kier alpha value is -3.46. The first-order chi connectivity index (χ1) is 13.7. The third-order valence-electron chi connectivity index (χ3n) is 4.67. The molecule has 1 heterocycles. The molecule has 1 saturated heterocycles. The van der Waals surface area contributed by atoms with Gasteiger partial charge in [0.15, 0.2) is 0 Å². The van der Waals surface area contributed by atoms with Gasteiger partial charge in [0.25, 0.3) is 5.91 Å². The van der Waals surface area contributed by atoms with Gasteiger partial charge in [0, 0.05) is 30.4 Å². The molecule has 3 rings (SSSR count). The minimum Gasteiger partial charge on any atom is -0.496 e. The molecule has 28 heavy (non-hydrogen) atoms. The molecular formula is C22H23N3O3. The summed E-state index contributed by atoms with van der Waals surface area (Å²) in [5.41, 5.74) is 2.18. The highest BCUT2D eigenvalue weighted by Gasteiger charge is 2.20. The van der Waals surface area contributed by atoms with Crippen LogP contribution in [0.3, 0.4) is 0 Å². The van der Waals surface area contributed by atoms with Crippen LogP contribution < -0.4 is 19.7 Å². The third kappa shape index (κ3) is 4.26. The first-order valence-electron chi connectivity index (χ1n) is 9.15. The summed E-state index contributed by atoms with van der Waals surface area (Å²) in [6.45, 7) is 1.94. The van der Waals surface area contributed by atoms with Crippen LogP contribution in [-0.4, -0.2) is 33.2 Å². The van der Waals surface area contributed by atoms with E-state index in [-0.39, 0.29) is 5.57 Å². The predicted octanol–water partition coefficient (Wildman–Crippen LogP) is 3.85. The zero-order valence-corrected chi connectivity index (χ0v) is 16.1. The molecule has 2 aromatic carbocycles. The number of ether oxygens (including phenoxy) is 2. The fraction of sp³-hybridized carbons (Fsp3) is 0.273. The highest BCUT2D eigenvalue weighted by atomic mass is 16.5. The van der Waals surface area contributed by atoms with Crippen LogP contribution in [0, 0.1) is 11.3 Å². The van der Waals surface area contributed by atoms with Gasteiger partial charge in [0.1, 0.15) is 23.1 Å². The quantitative estimate of drug-likeness (QED) is 0.611. The first kappa shape index (κ1) is 19.3. The van der Waals surface area contributed by atoms with Crippen LogP contribution in [0.25, 0.3) is 6.08 Å². The Balaban J connectivity index is 1.94. The van der Waals surface area contributed by atoms with Gasteiger partial charge in [-0.2, -0.15) is 5.26 Å². The molecule has 1 amide bonds. The van der Waals surface area contributed by atoms with Crippen LogP contribution in [0.1, 0.15) is 18.4 Å². The van der Waals surface area contributed by atoms with Crippen molar-refractivity contribution in [3.05, 3.63) is 53.6 Å². The second-order valence-electron chi connectivity index (χ2n) is 6.45. The monoisotopic (exact) mass is 377 g/mol. The van der Waals surface area contributed by atoms with Crippen molar-refractivity contribution in [3.63, 3.8) is 0 Å². The fourth-order valence-corrected chi connectivity index (χ4v) is 3.25. The van der Waals surface area contributed by atoms with Crippen molar-refractivity contribution in [2.45, 2.75) is 12.8 Å². The van der Waals surface area contributed by atoms with Gasteiger partial charge >= 0.3 is 0 Å². The van der Waals surface area contributed by atoms with Gasteiger partial charge in [-0.05, 0) is 37.1 Å². The maximum Gasteiger partial charge on any atom is 0.266 e. The number of anilines is 2. The van der Waals surface area contributed by atoms with Crippen LogP contribution in [0.5, 0.6) is 11.5 Å². The molecule has 1 N–H and O–H groups in total. The molecule has 2 aromatic rings. The number of nitrogens with zero attached hydrogens (tertiary/aromatic N) is 2. The van der Waals surface area contributed by atoms with Crippen LogP contribution >= 0.6 is 0 Å². The van der Waals surface area contributed by atoms with Crippen molar-refractivity contribution in [1.82, 2.24) is 0 Å². The van der Waals surface area contributed by atoms with E-state index in [0.29, 0.717) is 22.7 Å². The minimum absolute atomic E-state index is 0.0156. The summed E-state index contributed by atoms with van der Waals surface area (Å²) in [6, 6.07) is 14.7. The average Bonchev–Trinajstić information content (AvgIpc) is 3.26. The van der Waals surface area contributed by atoms with E-state index in [0.717, 1.165) is 31.6 Å². The molecule has 144 valence electrons. The number of hydrogen-bond donors (Lipinski definition) is 1. The normalized spacial score (nSPS) is 13.8. The lowest BCUT2D eigenvalue weighted by Gasteiger charge is -2.22. The average molecular weight is 377 g/mol. The van der Waals surface area contributed by atoms with Crippen LogP contribution in [0.2, 0.25) is 0 Å². The predicted molar refractivity (Wildman–Crippen MR) is 110 cm³/mol. The summed E-state index contributed by atoms with van der Waals surface area (Å²) >= 11 is 0. The minimum atomic E-state index is -0.474. The van der Waals surface area contributed by atoms with Gasteiger partial charge in [-0.15, -0.1) is 0 Å². The van der Waals surface area contributed by atoms with E-state index in [2.05, 4.69) is 10.2 Å². The summed E-state index contributed by atoms with van der Waals surface area (Å²) in [6.07, 6.45) is 3.81. The van der Waals surface area contributed by atoms with Gasteiger partial charge in [0.2, 0.25) is 0 Å². The Kier molecular flexibility index (Phi) is 6.18. The number of carbonyl (C=O) groups excluding carboxylic acids is 1. The number of nitrogens with one attached hydrogen (secondary N) is 1. The molecule has 0 aromatic heterocycles. The Morgan fingerprint density at radius 3 is 2.39 bits per heavy atom. The molecule has 0 radical (unpaired) electrons. The zero-order valence-electron chi connectivity index (χ0n) is 16.1. The zero-order chi connectivity index (χ0) is 19.9. The molecule has 1 aliphatic heterocycles. The maximum absolute atomic E-state index is 12.5. The van der Waals surface area contributed by atoms with Gasteiger partial charge in [0.05, 0.1) is 19.9 Å². The summed E-state index contributed by atoms with van der Waals surface area (Å²) < 4.78 is 11.1.